The molecule has 0 bridgehead atoms. The van der Waals surface area contributed by atoms with Crippen molar-refractivity contribution < 1.29 is 0 Å². The van der Waals surface area contributed by atoms with Crippen LogP contribution in [-0.2, 0) is 0 Å². The van der Waals surface area contributed by atoms with E-state index in [0.717, 1.165) is 22.3 Å². The zero-order valence-electron chi connectivity index (χ0n) is 17.2. The number of rotatable bonds is 4. The van der Waals surface area contributed by atoms with Crippen molar-refractivity contribution in [3.63, 3.8) is 0 Å². The van der Waals surface area contributed by atoms with Gasteiger partial charge >= 0.3 is 0 Å². The van der Waals surface area contributed by atoms with Crippen LogP contribution < -0.4 is 0 Å². The summed E-state index contributed by atoms with van der Waals surface area (Å²) in [7, 11) is 0. The largest absolute Gasteiger partial charge is 0.299 e. The first-order chi connectivity index (χ1) is 14.7. The fourth-order valence-electron chi connectivity index (χ4n) is 4.13. The Balaban J connectivity index is 1.83. The maximum Gasteiger partial charge on any atom is 0.144 e. The predicted molar refractivity (Wildman–Crippen MR) is 124 cm³/mol. The Kier molecular flexibility index (Phi) is 4.64. The van der Waals surface area contributed by atoms with Gasteiger partial charge in [0.15, 0.2) is 0 Å². The zero-order valence-corrected chi connectivity index (χ0v) is 17.2. The maximum atomic E-state index is 4.71. The third-order valence-electron chi connectivity index (χ3n) is 5.54. The molecular weight excluding hydrogens is 366 g/mol. The molecule has 0 unspecified atom stereocenters. The van der Waals surface area contributed by atoms with Crippen LogP contribution in [0.4, 0.5) is 0 Å². The minimum Gasteiger partial charge on any atom is -0.299 e. The molecule has 2 heterocycles. The van der Waals surface area contributed by atoms with Gasteiger partial charge < -0.3 is 0 Å². The molecule has 0 saturated carbocycles. The normalized spacial score (nSPS) is 11.3. The molecule has 0 aliphatic heterocycles. The lowest BCUT2D eigenvalue weighted by Crippen LogP contribution is -2.05. The zero-order chi connectivity index (χ0) is 20.5. The Morgan fingerprint density at radius 2 is 1.50 bits per heavy atom. The molecular formula is C27H23N3. The second kappa shape index (κ2) is 7.60. The third kappa shape index (κ3) is 3.09. The monoisotopic (exact) mass is 389 g/mol. The fourth-order valence-corrected chi connectivity index (χ4v) is 4.13. The van der Waals surface area contributed by atoms with E-state index in [1.165, 1.54) is 22.4 Å². The first-order valence-electron chi connectivity index (χ1n) is 10.3. The Labute approximate surface area is 176 Å². The van der Waals surface area contributed by atoms with Crippen LogP contribution in [0.25, 0.3) is 39.1 Å². The average molecular weight is 390 g/mol. The molecule has 0 atom stereocenters. The highest BCUT2D eigenvalue weighted by Crippen LogP contribution is 2.38. The number of pyridine rings is 1. The van der Waals surface area contributed by atoms with Crippen LogP contribution in [0.15, 0.2) is 97.5 Å². The number of fused-ring (bicyclic) bond motifs is 1. The summed E-state index contributed by atoms with van der Waals surface area (Å²) < 4.78 is 2.23. The van der Waals surface area contributed by atoms with Gasteiger partial charge in [-0.3, -0.25) is 9.55 Å². The van der Waals surface area contributed by atoms with E-state index in [1.54, 1.807) is 0 Å². The smallest absolute Gasteiger partial charge is 0.144 e. The lowest BCUT2D eigenvalue weighted by atomic mass is 9.92. The van der Waals surface area contributed by atoms with E-state index in [2.05, 4.69) is 96.3 Å². The van der Waals surface area contributed by atoms with E-state index in [4.69, 9.17) is 4.98 Å². The molecule has 0 aliphatic rings. The maximum absolute atomic E-state index is 4.71. The summed E-state index contributed by atoms with van der Waals surface area (Å²) >= 11 is 0. The van der Waals surface area contributed by atoms with Crippen LogP contribution >= 0.6 is 0 Å². The summed E-state index contributed by atoms with van der Waals surface area (Å²) in [6, 6.07) is 27.4. The van der Waals surface area contributed by atoms with Crippen molar-refractivity contribution >= 4 is 10.9 Å². The van der Waals surface area contributed by atoms with Crippen LogP contribution in [0.3, 0.4) is 0 Å². The van der Waals surface area contributed by atoms with Crippen LogP contribution in [-0.4, -0.2) is 14.5 Å². The summed E-state index contributed by atoms with van der Waals surface area (Å²) in [6.07, 6.45) is 5.85. The molecule has 0 N–H and O–H groups in total. The van der Waals surface area contributed by atoms with Crippen LogP contribution in [0, 0.1) is 0 Å². The van der Waals surface area contributed by atoms with Crippen molar-refractivity contribution in [1.29, 1.82) is 0 Å². The van der Waals surface area contributed by atoms with Crippen molar-refractivity contribution in [2.45, 2.75) is 19.8 Å². The van der Waals surface area contributed by atoms with Gasteiger partial charge in [0, 0.05) is 35.1 Å². The molecule has 30 heavy (non-hydrogen) atoms. The van der Waals surface area contributed by atoms with Crippen LogP contribution in [0.5, 0.6) is 0 Å². The average Bonchev–Trinajstić information content (AvgIpc) is 3.28. The molecule has 0 radical (unpaired) electrons. The number of nitrogens with zero attached hydrogens (tertiary/aromatic N) is 3. The molecule has 0 saturated heterocycles. The van der Waals surface area contributed by atoms with E-state index < -0.39 is 0 Å². The molecule has 0 aliphatic carbocycles. The van der Waals surface area contributed by atoms with E-state index in [-0.39, 0.29) is 0 Å². The van der Waals surface area contributed by atoms with Crippen molar-refractivity contribution in [2.75, 3.05) is 0 Å². The van der Waals surface area contributed by atoms with Crippen LogP contribution in [0.2, 0.25) is 0 Å². The molecule has 3 aromatic carbocycles. The predicted octanol–water partition coefficient (Wildman–Crippen LogP) is 6.88. The summed E-state index contributed by atoms with van der Waals surface area (Å²) in [6.45, 7) is 4.48. The second-order valence-corrected chi connectivity index (χ2v) is 7.76. The number of benzene rings is 3. The molecule has 0 spiro atoms. The molecule has 3 nitrogen and oxygen atoms in total. The fraction of sp³-hybridized carbons (Fsp3) is 0.111. The molecule has 5 aromatic rings. The van der Waals surface area contributed by atoms with Crippen molar-refractivity contribution in [3.05, 3.63) is 103 Å². The van der Waals surface area contributed by atoms with Gasteiger partial charge in [-0.2, -0.15) is 0 Å². The van der Waals surface area contributed by atoms with E-state index in [0.29, 0.717) is 5.92 Å². The van der Waals surface area contributed by atoms with Gasteiger partial charge in [-0.05, 0) is 29.2 Å². The Morgan fingerprint density at radius 3 is 2.33 bits per heavy atom. The molecule has 2 aromatic heterocycles. The van der Waals surface area contributed by atoms with Gasteiger partial charge in [-0.1, -0.05) is 80.6 Å². The number of hydrogen-bond acceptors (Lipinski definition) is 2. The minimum absolute atomic E-state index is 0.374. The lowest BCUT2D eigenvalue weighted by molar-refractivity contribution is 0.848. The second-order valence-electron chi connectivity index (χ2n) is 7.76. The number of hydrogen-bond donors (Lipinski definition) is 0. The Bertz CT molecular complexity index is 1310. The first kappa shape index (κ1) is 18.3. The highest BCUT2D eigenvalue weighted by Gasteiger charge is 2.19. The van der Waals surface area contributed by atoms with Gasteiger partial charge in [0.2, 0.25) is 0 Å². The minimum atomic E-state index is 0.374. The molecule has 5 rings (SSSR count). The lowest BCUT2D eigenvalue weighted by Gasteiger charge is -2.21. The SMILES string of the molecule is CC(C)c1cccc(-c2ccnc3ccccc23)c1-n1ccnc1-c1ccccc1. The summed E-state index contributed by atoms with van der Waals surface area (Å²) in [5, 5.41) is 1.16. The first-order valence-corrected chi connectivity index (χ1v) is 10.3. The molecule has 0 fully saturated rings. The van der Waals surface area contributed by atoms with Gasteiger partial charge in [0.25, 0.3) is 0 Å². The Morgan fingerprint density at radius 1 is 0.700 bits per heavy atom. The highest BCUT2D eigenvalue weighted by molar-refractivity contribution is 5.97. The van der Waals surface area contributed by atoms with Gasteiger partial charge in [0.1, 0.15) is 5.82 Å². The molecule has 146 valence electrons. The highest BCUT2D eigenvalue weighted by atomic mass is 15.1. The Hall–Kier alpha value is -3.72. The molecule has 3 heteroatoms. The van der Waals surface area contributed by atoms with Crippen LogP contribution in [0.1, 0.15) is 25.3 Å². The van der Waals surface area contributed by atoms with Crippen molar-refractivity contribution in [1.82, 2.24) is 14.5 Å². The van der Waals surface area contributed by atoms with Gasteiger partial charge in [-0.15, -0.1) is 0 Å². The van der Waals surface area contributed by atoms with Crippen molar-refractivity contribution in [2.24, 2.45) is 0 Å². The summed E-state index contributed by atoms with van der Waals surface area (Å²) in [5.74, 6) is 1.32. The standard InChI is InChI=1S/C27H23N3/c1-19(2)21-12-8-13-24(22-15-16-28-25-14-7-6-11-23(22)25)26(21)30-18-17-29-27(30)20-9-4-3-5-10-20/h3-19H,1-2H3. The quantitative estimate of drug-likeness (QED) is 0.335. The number of aromatic nitrogens is 3. The molecule has 0 amide bonds. The van der Waals surface area contributed by atoms with Gasteiger partial charge in [-0.25, -0.2) is 4.98 Å². The van der Waals surface area contributed by atoms with E-state index in [1.807, 2.05) is 24.5 Å². The topological polar surface area (TPSA) is 30.7 Å². The number of imidazole rings is 1. The number of para-hydroxylation sites is 2. The van der Waals surface area contributed by atoms with Crippen molar-refractivity contribution in [3.8, 4) is 28.2 Å². The van der Waals surface area contributed by atoms with E-state index in [9.17, 15) is 0 Å². The van der Waals surface area contributed by atoms with Gasteiger partial charge in [0.05, 0.1) is 11.2 Å². The van der Waals surface area contributed by atoms with E-state index >= 15 is 0 Å². The summed E-state index contributed by atoms with van der Waals surface area (Å²) in [4.78, 5) is 9.27. The third-order valence-corrected chi connectivity index (χ3v) is 5.54. The summed E-state index contributed by atoms with van der Waals surface area (Å²) in [5.41, 5.74) is 6.96.